The Morgan fingerprint density at radius 1 is 1.42 bits per heavy atom. The summed E-state index contributed by atoms with van der Waals surface area (Å²) in [5, 5.41) is 8.77. The summed E-state index contributed by atoms with van der Waals surface area (Å²) < 4.78 is 0. The van der Waals surface area contributed by atoms with Crippen molar-refractivity contribution in [3.8, 4) is 6.07 Å². The van der Waals surface area contributed by atoms with E-state index in [2.05, 4.69) is 13.0 Å². The normalized spacial score (nSPS) is 15.6. The van der Waals surface area contributed by atoms with Gasteiger partial charge in [0.1, 0.15) is 0 Å². The SMILES string of the molecule is CCCN(Cc1ccc(C#N)cc1)C(=O)C1(N)CC1. The zero-order valence-corrected chi connectivity index (χ0v) is 11.2. The van der Waals surface area contributed by atoms with Crippen LogP contribution in [0.1, 0.15) is 37.3 Å². The molecule has 0 aromatic heterocycles. The fraction of sp³-hybridized carbons (Fsp3) is 0.467. The molecule has 4 heteroatoms. The highest BCUT2D eigenvalue weighted by Gasteiger charge is 2.47. The van der Waals surface area contributed by atoms with Crippen LogP contribution in [0, 0.1) is 11.3 Å². The number of nitrogens with two attached hydrogens (primary N) is 1. The molecule has 1 saturated carbocycles. The number of amides is 1. The molecule has 1 aliphatic rings. The lowest BCUT2D eigenvalue weighted by molar-refractivity contribution is -0.134. The Morgan fingerprint density at radius 3 is 2.53 bits per heavy atom. The second-order valence-electron chi connectivity index (χ2n) is 5.19. The van der Waals surface area contributed by atoms with Crippen molar-refractivity contribution in [1.82, 2.24) is 4.90 Å². The highest BCUT2D eigenvalue weighted by atomic mass is 16.2. The summed E-state index contributed by atoms with van der Waals surface area (Å²) in [7, 11) is 0. The van der Waals surface area contributed by atoms with Crippen LogP contribution >= 0.6 is 0 Å². The Hall–Kier alpha value is -1.86. The van der Waals surface area contributed by atoms with Crippen molar-refractivity contribution in [1.29, 1.82) is 5.26 Å². The van der Waals surface area contributed by atoms with Crippen LogP contribution in [0.15, 0.2) is 24.3 Å². The maximum atomic E-state index is 12.3. The van der Waals surface area contributed by atoms with Gasteiger partial charge in [0.25, 0.3) is 0 Å². The van der Waals surface area contributed by atoms with Crippen molar-refractivity contribution in [3.05, 3.63) is 35.4 Å². The zero-order chi connectivity index (χ0) is 13.9. The highest BCUT2D eigenvalue weighted by Crippen LogP contribution is 2.34. The van der Waals surface area contributed by atoms with Crippen LogP contribution in [0.4, 0.5) is 0 Å². The van der Waals surface area contributed by atoms with E-state index < -0.39 is 5.54 Å². The fourth-order valence-corrected chi connectivity index (χ4v) is 2.09. The first-order chi connectivity index (χ1) is 9.09. The Bertz CT molecular complexity index is 497. The van der Waals surface area contributed by atoms with Crippen LogP contribution in [0.5, 0.6) is 0 Å². The van der Waals surface area contributed by atoms with Gasteiger partial charge in [-0.15, -0.1) is 0 Å². The maximum absolute atomic E-state index is 12.3. The minimum absolute atomic E-state index is 0.0544. The average molecular weight is 257 g/mol. The molecule has 100 valence electrons. The lowest BCUT2D eigenvalue weighted by atomic mass is 10.1. The molecule has 1 aromatic rings. The van der Waals surface area contributed by atoms with E-state index in [1.165, 1.54) is 0 Å². The van der Waals surface area contributed by atoms with E-state index >= 15 is 0 Å². The van der Waals surface area contributed by atoms with Gasteiger partial charge >= 0.3 is 0 Å². The quantitative estimate of drug-likeness (QED) is 0.874. The molecule has 1 aliphatic carbocycles. The number of nitriles is 1. The third-order valence-electron chi connectivity index (χ3n) is 3.45. The van der Waals surface area contributed by atoms with Crippen LogP contribution in [-0.4, -0.2) is 22.9 Å². The maximum Gasteiger partial charge on any atom is 0.242 e. The number of hydrogen-bond acceptors (Lipinski definition) is 3. The molecule has 4 nitrogen and oxygen atoms in total. The number of carbonyl (C=O) groups excluding carboxylic acids is 1. The van der Waals surface area contributed by atoms with Crippen molar-refractivity contribution in [2.24, 2.45) is 5.73 Å². The highest BCUT2D eigenvalue weighted by molar-refractivity contribution is 5.89. The second kappa shape index (κ2) is 5.41. The van der Waals surface area contributed by atoms with E-state index in [-0.39, 0.29) is 5.91 Å². The molecule has 0 atom stereocenters. The molecule has 2 N–H and O–H groups in total. The van der Waals surface area contributed by atoms with E-state index in [1.807, 2.05) is 17.0 Å². The molecule has 0 saturated heterocycles. The van der Waals surface area contributed by atoms with Gasteiger partial charge in [0.05, 0.1) is 17.2 Å². The van der Waals surface area contributed by atoms with Crippen molar-refractivity contribution in [3.63, 3.8) is 0 Å². The Morgan fingerprint density at radius 2 is 2.05 bits per heavy atom. The average Bonchev–Trinajstić information content (AvgIpc) is 3.17. The molecule has 2 rings (SSSR count). The molecule has 19 heavy (non-hydrogen) atoms. The first-order valence-corrected chi connectivity index (χ1v) is 6.66. The number of carbonyl (C=O) groups is 1. The molecule has 0 aliphatic heterocycles. The predicted molar refractivity (Wildman–Crippen MR) is 73.0 cm³/mol. The van der Waals surface area contributed by atoms with Crippen LogP contribution in [0.3, 0.4) is 0 Å². The molecule has 0 heterocycles. The standard InChI is InChI=1S/C15H19N3O/c1-2-9-18(14(19)15(17)7-8-15)11-13-5-3-12(10-16)4-6-13/h3-6H,2,7-9,11,17H2,1H3. The minimum atomic E-state index is -0.609. The van der Waals surface area contributed by atoms with Gasteiger partial charge < -0.3 is 10.6 Å². The van der Waals surface area contributed by atoms with Gasteiger partial charge in [-0.05, 0) is 37.0 Å². The third kappa shape index (κ3) is 3.12. The molecular weight excluding hydrogens is 238 g/mol. The summed E-state index contributed by atoms with van der Waals surface area (Å²) in [6.07, 6.45) is 2.50. The fourth-order valence-electron chi connectivity index (χ4n) is 2.09. The van der Waals surface area contributed by atoms with Crippen molar-refractivity contribution in [2.45, 2.75) is 38.3 Å². The summed E-state index contributed by atoms with van der Waals surface area (Å²) in [5.74, 6) is 0.0544. The van der Waals surface area contributed by atoms with Gasteiger partial charge in [-0.25, -0.2) is 0 Å². The number of benzene rings is 1. The summed E-state index contributed by atoms with van der Waals surface area (Å²) >= 11 is 0. The Balaban J connectivity index is 2.07. The Kier molecular flexibility index (Phi) is 3.87. The van der Waals surface area contributed by atoms with Crippen LogP contribution in [0.2, 0.25) is 0 Å². The molecule has 1 aromatic carbocycles. The topological polar surface area (TPSA) is 70.1 Å². The largest absolute Gasteiger partial charge is 0.337 e. The first-order valence-electron chi connectivity index (χ1n) is 6.66. The number of hydrogen-bond donors (Lipinski definition) is 1. The van der Waals surface area contributed by atoms with Gasteiger partial charge in [0.15, 0.2) is 0 Å². The summed E-state index contributed by atoms with van der Waals surface area (Å²) in [6.45, 7) is 3.34. The number of rotatable bonds is 5. The first kappa shape index (κ1) is 13.6. The lowest BCUT2D eigenvalue weighted by Crippen LogP contribution is -2.45. The summed E-state index contributed by atoms with van der Waals surface area (Å²) in [5.41, 5.74) is 7.04. The monoisotopic (exact) mass is 257 g/mol. The minimum Gasteiger partial charge on any atom is -0.337 e. The van der Waals surface area contributed by atoms with Gasteiger partial charge in [0, 0.05) is 13.1 Å². The van der Waals surface area contributed by atoms with Gasteiger partial charge in [0.2, 0.25) is 5.91 Å². The number of nitrogens with zero attached hydrogens (tertiary/aromatic N) is 2. The van der Waals surface area contributed by atoms with Gasteiger partial charge in [-0.3, -0.25) is 4.79 Å². The van der Waals surface area contributed by atoms with E-state index in [0.29, 0.717) is 12.1 Å². The Labute approximate surface area is 113 Å². The molecular formula is C15H19N3O. The summed E-state index contributed by atoms with van der Waals surface area (Å²) in [6, 6.07) is 9.43. The van der Waals surface area contributed by atoms with Gasteiger partial charge in [-0.2, -0.15) is 5.26 Å². The third-order valence-corrected chi connectivity index (χ3v) is 3.45. The van der Waals surface area contributed by atoms with Gasteiger partial charge in [-0.1, -0.05) is 19.1 Å². The zero-order valence-electron chi connectivity index (χ0n) is 11.2. The smallest absolute Gasteiger partial charge is 0.242 e. The van der Waals surface area contributed by atoms with Crippen LogP contribution < -0.4 is 5.73 Å². The molecule has 0 bridgehead atoms. The van der Waals surface area contributed by atoms with Crippen LogP contribution in [-0.2, 0) is 11.3 Å². The molecule has 1 fully saturated rings. The molecule has 0 unspecified atom stereocenters. The van der Waals surface area contributed by atoms with Crippen molar-refractivity contribution >= 4 is 5.91 Å². The molecule has 0 radical (unpaired) electrons. The van der Waals surface area contributed by atoms with Crippen molar-refractivity contribution in [2.75, 3.05) is 6.54 Å². The van der Waals surface area contributed by atoms with E-state index in [0.717, 1.165) is 31.4 Å². The van der Waals surface area contributed by atoms with E-state index in [9.17, 15) is 4.79 Å². The lowest BCUT2D eigenvalue weighted by Gasteiger charge is -2.25. The predicted octanol–water partition coefficient (Wildman–Crippen LogP) is 1.79. The van der Waals surface area contributed by atoms with E-state index in [1.54, 1.807) is 12.1 Å². The molecule has 1 amide bonds. The molecule has 0 spiro atoms. The van der Waals surface area contributed by atoms with Crippen LogP contribution in [0.25, 0.3) is 0 Å². The summed E-state index contributed by atoms with van der Waals surface area (Å²) in [4.78, 5) is 14.1. The van der Waals surface area contributed by atoms with E-state index in [4.69, 9.17) is 11.0 Å². The second-order valence-corrected chi connectivity index (χ2v) is 5.19. The van der Waals surface area contributed by atoms with Crippen molar-refractivity contribution < 1.29 is 4.79 Å².